The Morgan fingerprint density at radius 3 is 2.47 bits per heavy atom. The van der Waals surface area contributed by atoms with Crippen LogP contribution in [-0.2, 0) is 10.9 Å². The van der Waals surface area contributed by atoms with Crippen LogP contribution in [0.1, 0.15) is 36.1 Å². The standard InChI is InChI=1S/C14H20F3NO/c1-4-18-13(7-8-19-3)12-6-5-11(9-10(12)2)14(15,16)17/h5-6,9,13,18H,4,7-8H2,1-3H3. The van der Waals surface area contributed by atoms with Crippen molar-refractivity contribution in [1.82, 2.24) is 5.32 Å². The van der Waals surface area contributed by atoms with E-state index >= 15 is 0 Å². The molecule has 0 aliphatic rings. The molecule has 0 spiro atoms. The summed E-state index contributed by atoms with van der Waals surface area (Å²) in [5.74, 6) is 0. The number of methoxy groups -OCH3 is 1. The molecule has 1 unspecified atom stereocenters. The highest BCUT2D eigenvalue weighted by Gasteiger charge is 2.31. The van der Waals surface area contributed by atoms with Crippen molar-refractivity contribution in [3.63, 3.8) is 0 Å². The number of aryl methyl sites for hydroxylation is 1. The van der Waals surface area contributed by atoms with Crippen LogP contribution in [0.3, 0.4) is 0 Å². The van der Waals surface area contributed by atoms with Gasteiger partial charge in [-0.1, -0.05) is 13.0 Å². The van der Waals surface area contributed by atoms with E-state index in [1.807, 2.05) is 6.92 Å². The minimum atomic E-state index is -4.29. The largest absolute Gasteiger partial charge is 0.416 e. The van der Waals surface area contributed by atoms with Crippen LogP contribution >= 0.6 is 0 Å². The average Bonchev–Trinajstić information content (AvgIpc) is 2.33. The van der Waals surface area contributed by atoms with Crippen molar-refractivity contribution in [2.45, 2.75) is 32.5 Å². The Balaban J connectivity index is 2.97. The monoisotopic (exact) mass is 275 g/mol. The molecule has 0 fully saturated rings. The van der Waals surface area contributed by atoms with Crippen LogP contribution in [0.25, 0.3) is 0 Å². The lowest BCUT2D eigenvalue weighted by molar-refractivity contribution is -0.137. The first-order valence-electron chi connectivity index (χ1n) is 6.30. The Morgan fingerprint density at radius 2 is 2.00 bits per heavy atom. The molecule has 1 N–H and O–H groups in total. The number of hydrogen-bond acceptors (Lipinski definition) is 2. The Kier molecular flexibility index (Phi) is 5.82. The van der Waals surface area contributed by atoms with Crippen LogP contribution in [0.15, 0.2) is 18.2 Å². The van der Waals surface area contributed by atoms with Gasteiger partial charge < -0.3 is 10.1 Å². The van der Waals surface area contributed by atoms with E-state index in [-0.39, 0.29) is 6.04 Å². The summed E-state index contributed by atoms with van der Waals surface area (Å²) in [7, 11) is 1.61. The molecule has 1 atom stereocenters. The number of benzene rings is 1. The van der Waals surface area contributed by atoms with Gasteiger partial charge in [0.15, 0.2) is 0 Å². The minimum absolute atomic E-state index is 0.0206. The fourth-order valence-corrected chi connectivity index (χ4v) is 2.09. The molecule has 108 valence electrons. The fraction of sp³-hybridized carbons (Fsp3) is 0.571. The maximum Gasteiger partial charge on any atom is 0.416 e. The zero-order valence-corrected chi connectivity index (χ0v) is 11.5. The molecule has 1 aromatic carbocycles. The van der Waals surface area contributed by atoms with E-state index < -0.39 is 11.7 Å². The van der Waals surface area contributed by atoms with Gasteiger partial charge in [-0.15, -0.1) is 0 Å². The molecule has 19 heavy (non-hydrogen) atoms. The van der Waals surface area contributed by atoms with Gasteiger partial charge in [0.25, 0.3) is 0 Å². The quantitative estimate of drug-likeness (QED) is 0.854. The molecular weight excluding hydrogens is 255 g/mol. The third-order valence-corrected chi connectivity index (χ3v) is 3.03. The molecule has 5 heteroatoms. The molecule has 1 aromatic rings. The molecule has 0 amide bonds. The molecule has 1 rings (SSSR count). The Morgan fingerprint density at radius 1 is 1.32 bits per heavy atom. The van der Waals surface area contributed by atoms with Crippen molar-refractivity contribution in [3.05, 3.63) is 34.9 Å². The van der Waals surface area contributed by atoms with Crippen molar-refractivity contribution in [2.75, 3.05) is 20.3 Å². The number of hydrogen-bond donors (Lipinski definition) is 1. The smallest absolute Gasteiger partial charge is 0.385 e. The predicted molar refractivity (Wildman–Crippen MR) is 69.1 cm³/mol. The predicted octanol–water partition coefficient (Wildman–Crippen LogP) is 3.70. The van der Waals surface area contributed by atoms with Crippen LogP contribution in [0.2, 0.25) is 0 Å². The average molecular weight is 275 g/mol. The van der Waals surface area contributed by atoms with E-state index in [4.69, 9.17) is 4.74 Å². The number of nitrogens with one attached hydrogen (secondary N) is 1. The molecule has 0 saturated heterocycles. The summed E-state index contributed by atoms with van der Waals surface area (Å²) in [4.78, 5) is 0. The Hall–Kier alpha value is -1.07. The van der Waals surface area contributed by atoms with Gasteiger partial charge in [0.1, 0.15) is 0 Å². The van der Waals surface area contributed by atoms with Crippen molar-refractivity contribution >= 4 is 0 Å². The van der Waals surface area contributed by atoms with Crippen LogP contribution in [0.4, 0.5) is 13.2 Å². The molecule has 0 heterocycles. The van der Waals surface area contributed by atoms with E-state index in [2.05, 4.69) is 5.32 Å². The summed E-state index contributed by atoms with van der Waals surface area (Å²) in [6, 6.07) is 3.92. The molecule has 0 bridgehead atoms. The highest BCUT2D eigenvalue weighted by atomic mass is 19.4. The molecule has 0 aromatic heterocycles. The van der Waals surface area contributed by atoms with E-state index in [1.54, 1.807) is 20.1 Å². The zero-order chi connectivity index (χ0) is 14.5. The van der Waals surface area contributed by atoms with Gasteiger partial charge in [-0.2, -0.15) is 13.2 Å². The van der Waals surface area contributed by atoms with Crippen LogP contribution in [0.5, 0.6) is 0 Å². The molecule has 0 saturated carbocycles. The Labute approximate surface area is 112 Å². The van der Waals surface area contributed by atoms with E-state index in [0.29, 0.717) is 12.2 Å². The zero-order valence-electron chi connectivity index (χ0n) is 11.5. The van der Waals surface area contributed by atoms with Gasteiger partial charge in [0.2, 0.25) is 0 Å². The maximum atomic E-state index is 12.6. The fourth-order valence-electron chi connectivity index (χ4n) is 2.09. The molecule has 0 aliphatic heterocycles. The highest BCUT2D eigenvalue weighted by molar-refractivity contribution is 5.34. The summed E-state index contributed by atoms with van der Waals surface area (Å²) >= 11 is 0. The second-order valence-corrected chi connectivity index (χ2v) is 4.46. The molecule has 2 nitrogen and oxygen atoms in total. The van der Waals surface area contributed by atoms with E-state index in [0.717, 1.165) is 24.6 Å². The van der Waals surface area contributed by atoms with Gasteiger partial charge in [0.05, 0.1) is 5.56 Å². The van der Waals surface area contributed by atoms with Crippen molar-refractivity contribution in [3.8, 4) is 0 Å². The van der Waals surface area contributed by atoms with Crippen molar-refractivity contribution in [1.29, 1.82) is 0 Å². The van der Waals surface area contributed by atoms with Crippen molar-refractivity contribution in [2.24, 2.45) is 0 Å². The first-order chi connectivity index (χ1) is 8.90. The van der Waals surface area contributed by atoms with Gasteiger partial charge in [-0.3, -0.25) is 0 Å². The van der Waals surface area contributed by atoms with Gasteiger partial charge in [-0.05, 0) is 43.1 Å². The number of alkyl halides is 3. The third kappa shape index (κ3) is 4.51. The SMILES string of the molecule is CCNC(CCOC)c1ccc(C(F)(F)F)cc1C. The third-order valence-electron chi connectivity index (χ3n) is 3.03. The number of halogens is 3. The van der Waals surface area contributed by atoms with Gasteiger partial charge in [-0.25, -0.2) is 0 Å². The van der Waals surface area contributed by atoms with E-state index in [9.17, 15) is 13.2 Å². The summed E-state index contributed by atoms with van der Waals surface area (Å²) in [5, 5.41) is 3.27. The normalized spacial score (nSPS) is 13.6. The topological polar surface area (TPSA) is 21.3 Å². The minimum Gasteiger partial charge on any atom is -0.385 e. The Bertz CT molecular complexity index is 404. The molecule has 0 radical (unpaired) electrons. The maximum absolute atomic E-state index is 12.6. The van der Waals surface area contributed by atoms with Crippen LogP contribution < -0.4 is 5.32 Å². The first-order valence-corrected chi connectivity index (χ1v) is 6.30. The summed E-state index contributed by atoms with van der Waals surface area (Å²) < 4.78 is 42.9. The summed E-state index contributed by atoms with van der Waals surface area (Å²) in [6.07, 6.45) is -3.56. The summed E-state index contributed by atoms with van der Waals surface area (Å²) in [6.45, 7) is 5.01. The van der Waals surface area contributed by atoms with Gasteiger partial charge in [0, 0.05) is 19.8 Å². The molecule has 0 aliphatic carbocycles. The van der Waals surface area contributed by atoms with Crippen LogP contribution in [-0.4, -0.2) is 20.3 Å². The summed E-state index contributed by atoms with van der Waals surface area (Å²) in [5.41, 5.74) is 0.944. The lowest BCUT2D eigenvalue weighted by atomic mass is 9.96. The van der Waals surface area contributed by atoms with Crippen LogP contribution in [0, 0.1) is 6.92 Å². The number of ether oxygens (including phenoxy) is 1. The second-order valence-electron chi connectivity index (χ2n) is 4.46. The molecular formula is C14H20F3NO. The lowest BCUT2D eigenvalue weighted by Gasteiger charge is -2.21. The number of rotatable bonds is 6. The first kappa shape index (κ1) is 16.0. The van der Waals surface area contributed by atoms with Crippen molar-refractivity contribution < 1.29 is 17.9 Å². The van der Waals surface area contributed by atoms with Gasteiger partial charge >= 0.3 is 6.18 Å². The second kappa shape index (κ2) is 6.91. The highest BCUT2D eigenvalue weighted by Crippen LogP contribution is 2.32. The lowest BCUT2D eigenvalue weighted by Crippen LogP contribution is -2.23. The van der Waals surface area contributed by atoms with E-state index in [1.165, 1.54) is 6.07 Å².